The quantitative estimate of drug-likeness (QED) is 0.646. The fourth-order valence-corrected chi connectivity index (χ4v) is 4.94. The van der Waals surface area contributed by atoms with E-state index in [2.05, 4.69) is 52.3 Å². The Morgan fingerprint density at radius 2 is 1.70 bits per heavy atom. The van der Waals surface area contributed by atoms with Crippen LogP contribution in [0.5, 0.6) is 5.75 Å². The number of hydrogen-bond acceptors (Lipinski definition) is 3. The summed E-state index contributed by atoms with van der Waals surface area (Å²) in [5, 5.41) is 0. The zero-order valence-corrected chi connectivity index (χ0v) is 18.2. The van der Waals surface area contributed by atoms with Crippen LogP contribution in [0, 0.1) is 5.41 Å². The van der Waals surface area contributed by atoms with Crippen LogP contribution in [-0.2, 0) is 17.8 Å². The van der Waals surface area contributed by atoms with Gasteiger partial charge in [0.25, 0.3) is 0 Å². The third-order valence-corrected chi connectivity index (χ3v) is 6.71. The third-order valence-electron chi connectivity index (χ3n) is 6.71. The van der Waals surface area contributed by atoms with E-state index < -0.39 is 0 Å². The lowest BCUT2D eigenvalue weighted by molar-refractivity contribution is -0.128. The van der Waals surface area contributed by atoms with Crippen LogP contribution in [0.3, 0.4) is 0 Å². The van der Waals surface area contributed by atoms with Gasteiger partial charge in [0, 0.05) is 19.5 Å². The van der Waals surface area contributed by atoms with Gasteiger partial charge in [-0.1, -0.05) is 42.5 Å². The van der Waals surface area contributed by atoms with E-state index in [4.69, 9.17) is 4.74 Å². The minimum atomic E-state index is 0.193. The predicted molar refractivity (Wildman–Crippen MR) is 121 cm³/mol. The number of carbonyl (C=O) groups excluding carboxylic acids is 1. The molecule has 2 aliphatic heterocycles. The number of piperidine rings is 1. The van der Waals surface area contributed by atoms with Crippen molar-refractivity contribution >= 4 is 5.91 Å². The summed E-state index contributed by atoms with van der Waals surface area (Å²) in [6, 6.07) is 18.9. The van der Waals surface area contributed by atoms with Crippen molar-refractivity contribution < 1.29 is 9.53 Å². The largest absolute Gasteiger partial charge is 0.494 e. The zero-order valence-electron chi connectivity index (χ0n) is 18.2. The molecule has 2 aromatic carbocycles. The molecule has 4 rings (SSSR count). The molecule has 2 aromatic rings. The molecule has 0 aromatic heterocycles. The maximum atomic E-state index is 12.7. The Balaban J connectivity index is 1.23. The summed E-state index contributed by atoms with van der Waals surface area (Å²) >= 11 is 0. The summed E-state index contributed by atoms with van der Waals surface area (Å²) in [4.78, 5) is 17.4. The van der Waals surface area contributed by atoms with Crippen LogP contribution in [0.2, 0.25) is 0 Å². The van der Waals surface area contributed by atoms with Gasteiger partial charge in [-0.05, 0) is 80.9 Å². The molecule has 4 nitrogen and oxygen atoms in total. The summed E-state index contributed by atoms with van der Waals surface area (Å²) in [5.74, 6) is 1.21. The average Bonchev–Trinajstić information content (AvgIpc) is 3.06. The van der Waals surface area contributed by atoms with Gasteiger partial charge in [-0.25, -0.2) is 0 Å². The number of likely N-dealkylation sites (tertiary alicyclic amines) is 2. The van der Waals surface area contributed by atoms with Crippen molar-refractivity contribution in [3.05, 3.63) is 65.7 Å². The van der Waals surface area contributed by atoms with Gasteiger partial charge in [-0.3, -0.25) is 4.79 Å². The van der Waals surface area contributed by atoms with Crippen molar-refractivity contribution in [2.45, 2.75) is 45.6 Å². The van der Waals surface area contributed by atoms with Gasteiger partial charge in [0.2, 0.25) is 5.91 Å². The Bertz CT molecular complexity index is 811. The first-order chi connectivity index (χ1) is 14.7. The molecule has 0 aliphatic carbocycles. The Hall–Kier alpha value is -2.33. The lowest BCUT2D eigenvalue weighted by Gasteiger charge is -2.38. The fourth-order valence-electron chi connectivity index (χ4n) is 4.94. The van der Waals surface area contributed by atoms with Crippen LogP contribution in [-0.4, -0.2) is 48.5 Å². The number of ether oxygens (including phenoxy) is 1. The van der Waals surface area contributed by atoms with Crippen molar-refractivity contribution in [3.63, 3.8) is 0 Å². The number of benzene rings is 2. The molecule has 0 atom stereocenters. The molecular weight excluding hydrogens is 372 g/mol. The molecule has 0 saturated carbocycles. The van der Waals surface area contributed by atoms with E-state index in [0.29, 0.717) is 19.1 Å². The van der Waals surface area contributed by atoms with Gasteiger partial charge in [-0.15, -0.1) is 0 Å². The molecule has 1 amide bonds. The highest BCUT2D eigenvalue weighted by Gasteiger charge is 2.44. The van der Waals surface area contributed by atoms with E-state index in [-0.39, 0.29) is 5.41 Å². The van der Waals surface area contributed by atoms with Crippen LogP contribution in [0.15, 0.2) is 54.6 Å². The smallest absolute Gasteiger partial charge is 0.223 e. The monoisotopic (exact) mass is 406 g/mol. The standard InChI is InChI=1S/C26H34N2O2/c1-2-30-24-12-10-23(11-13-24)20-28-21-26(19-25(28)29)14-17-27(18-15-26)16-6-9-22-7-4-3-5-8-22/h3-5,7-8,10-13H,2,6,9,14-21H2,1H3. The highest BCUT2D eigenvalue weighted by atomic mass is 16.5. The summed E-state index contributed by atoms with van der Waals surface area (Å²) < 4.78 is 5.52. The normalized spacial score (nSPS) is 18.8. The molecule has 0 bridgehead atoms. The van der Waals surface area contributed by atoms with E-state index in [1.54, 1.807) is 0 Å². The molecule has 2 saturated heterocycles. The average molecular weight is 407 g/mol. The molecule has 0 radical (unpaired) electrons. The maximum Gasteiger partial charge on any atom is 0.223 e. The van der Waals surface area contributed by atoms with E-state index in [0.717, 1.165) is 57.6 Å². The molecular formula is C26H34N2O2. The molecule has 1 spiro atoms. The fraction of sp³-hybridized carbons (Fsp3) is 0.500. The van der Waals surface area contributed by atoms with Crippen molar-refractivity contribution in [1.29, 1.82) is 0 Å². The molecule has 30 heavy (non-hydrogen) atoms. The van der Waals surface area contributed by atoms with Crippen LogP contribution in [0.4, 0.5) is 0 Å². The maximum absolute atomic E-state index is 12.7. The lowest BCUT2D eigenvalue weighted by atomic mass is 9.77. The Kier molecular flexibility index (Phi) is 6.73. The van der Waals surface area contributed by atoms with Gasteiger partial charge in [-0.2, -0.15) is 0 Å². The number of rotatable bonds is 8. The van der Waals surface area contributed by atoms with Crippen molar-refractivity contribution in [2.24, 2.45) is 5.41 Å². The zero-order chi connectivity index (χ0) is 20.8. The van der Waals surface area contributed by atoms with E-state index in [1.807, 2.05) is 19.1 Å². The number of carbonyl (C=O) groups is 1. The van der Waals surface area contributed by atoms with Crippen LogP contribution < -0.4 is 4.74 Å². The minimum absolute atomic E-state index is 0.193. The molecule has 0 unspecified atom stereocenters. The van der Waals surface area contributed by atoms with Gasteiger partial charge in [0.15, 0.2) is 0 Å². The first-order valence-corrected chi connectivity index (χ1v) is 11.4. The highest BCUT2D eigenvalue weighted by molar-refractivity contribution is 5.79. The number of aryl methyl sites for hydroxylation is 1. The molecule has 4 heteroatoms. The summed E-state index contributed by atoms with van der Waals surface area (Å²) in [6.07, 6.45) is 5.37. The summed E-state index contributed by atoms with van der Waals surface area (Å²) in [6.45, 7) is 7.71. The second-order valence-electron chi connectivity index (χ2n) is 8.93. The van der Waals surface area contributed by atoms with Gasteiger partial charge in [0.1, 0.15) is 5.75 Å². The van der Waals surface area contributed by atoms with Gasteiger partial charge in [0.05, 0.1) is 6.61 Å². The van der Waals surface area contributed by atoms with E-state index in [1.165, 1.54) is 17.5 Å². The number of amides is 1. The minimum Gasteiger partial charge on any atom is -0.494 e. The highest BCUT2D eigenvalue weighted by Crippen LogP contribution is 2.41. The van der Waals surface area contributed by atoms with Crippen LogP contribution in [0.1, 0.15) is 43.7 Å². The Morgan fingerprint density at radius 3 is 2.40 bits per heavy atom. The van der Waals surface area contributed by atoms with Crippen molar-refractivity contribution in [3.8, 4) is 5.75 Å². The van der Waals surface area contributed by atoms with E-state index in [9.17, 15) is 4.79 Å². The molecule has 160 valence electrons. The second kappa shape index (κ2) is 9.65. The summed E-state index contributed by atoms with van der Waals surface area (Å²) in [7, 11) is 0. The predicted octanol–water partition coefficient (Wildman–Crippen LogP) is 4.53. The Morgan fingerprint density at radius 1 is 0.967 bits per heavy atom. The number of hydrogen-bond donors (Lipinski definition) is 0. The molecule has 2 heterocycles. The summed E-state index contributed by atoms with van der Waals surface area (Å²) in [5.41, 5.74) is 2.80. The van der Waals surface area contributed by atoms with Crippen molar-refractivity contribution in [2.75, 3.05) is 32.8 Å². The second-order valence-corrected chi connectivity index (χ2v) is 8.93. The van der Waals surface area contributed by atoms with Crippen molar-refractivity contribution in [1.82, 2.24) is 9.80 Å². The van der Waals surface area contributed by atoms with Crippen LogP contribution >= 0.6 is 0 Å². The lowest BCUT2D eigenvalue weighted by Crippen LogP contribution is -2.41. The molecule has 0 N–H and O–H groups in total. The Labute approximate surface area is 180 Å². The third kappa shape index (κ3) is 5.23. The topological polar surface area (TPSA) is 32.8 Å². The van der Waals surface area contributed by atoms with E-state index >= 15 is 0 Å². The SMILES string of the molecule is CCOc1ccc(CN2CC3(CCN(CCCc4ccccc4)CC3)CC2=O)cc1. The first kappa shape index (κ1) is 20.9. The molecule has 2 fully saturated rings. The number of nitrogens with zero attached hydrogens (tertiary/aromatic N) is 2. The van der Waals surface area contributed by atoms with Crippen LogP contribution in [0.25, 0.3) is 0 Å². The first-order valence-electron chi connectivity index (χ1n) is 11.4. The van der Waals surface area contributed by atoms with Gasteiger partial charge >= 0.3 is 0 Å². The molecule has 2 aliphatic rings. The van der Waals surface area contributed by atoms with Gasteiger partial charge < -0.3 is 14.5 Å².